The van der Waals surface area contributed by atoms with Crippen LogP contribution in [0.2, 0.25) is 4.34 Å². The lowest BCUT2D eigenvalue weighted by molar-refractivity contribution is 0.299. The summed E-state index contributed by atoms with van der Waals surface area (Å²) >= 11 is 7.82. The molecule has 1 aliphatic carbocycles. The summed E-state index contributed by atoms with van der Waals surface area (Å²) in [5, 5.41) is 3.63. The molecule has 1 aromatic rings. The minimum Gasteiger partial charge on any atom is -0.316 e. The topological polar surface area (TPSA) is 12.0 Å². The van der Waals surface area contributed by atoms with Gasteiger partial charge in [-0.15, -0.1) is 11.3 Å². The highest BCUT2D eigenvalue weighted by Crippen LogP contribution is 2.33. The van der Waals surface area contributed by atoms with Crippen molar-refractivity contribution in [3.8, 4) is 0 Å². The second kappa shape index (κ2) is 8.28. The second-order valence-corrected chi connectivity index (χ2v) is 7.57. The van der Waals surface area contributed by atoms with E-state index in [0.717, 1.165) is 22.7 Å². The lowest BCUT2D eigenvalue weighted by Gasteiger charge is -2.25. The highest BCUT2D eigenvalue weighted by molar-refractivity contribution is 7.16. The predicted octanol–water partition coefficient (Wildman–Crippen LogP) is 5.14. The van der Waals surface area contributed by atoms with E-state index in [2.05, 4.69) is 18.3 Å². The Morgan fingerprint density at radius 3 is 2.68 bits per heavy atom. The van der Waals surface area contributed by atoms with Crippen LogP contribution in [0.25, 0.3) is 0 Å². The van der Waals surface area contributed by atoms with Gasteiger partial charge in [0.15, 0.2) is 0 Å². The first-order chi connectivity index (χ1) is 9.29. The minimum absolute atomic E-state index is 0.849. The standard InChI is InChI=1S/C16H26ClNS/c1-2-10-18-12-14-7-5-3-4-6-13(14)11-15-8-9-16(17)19-15/h8-9,13-14,18H,2-7,10-12H2,1H3. The van der Waals surface area contributed by atoms with Gasteiger partial charge in [-0.3, -0.25) is 0 Å². The Morgan fingerprint density at radius 2 is 2.00 bits per heavy atom. The predicted molar refractivity (Wildman–Crippen MR) is 86.3 cm³/mol. The van der Waals surface area contributed by atoms with E-state index in [1.165, 1.54) is 56.4 Å². The number of halogens is 1. The highest BCUT2D eigenvalue weighted by atomic mass is 35.5. The fraction of sp³-hybridized carbons (Fsp3) is 0.750. The molecule has 0 amide bonds. The minimum atomic E-state index is 0.849. The van der Waals surface area contributed by atoms with Crippen molar-refractivity contribution >= 4 is 22.9 Å². The van der Waals surface area contributed by atoms with Gasteiger partial charge in [-0.1, -0.05) is 37.8 Å². The Hall–Kier alpha value is -0.0500. The van der Waals surface area contributed by atoms with Gasteiger partial charge < -0.3 is 5.32 Å². The van der Waals surface area contributed by atoms with Gasteiger partial charge in [0.05, 0.1) is 4.34 Å². The van der Waals surface area contributed by atoms with Crippen molar-refractivity contribution in [2.45, 2.75) is 51.9 Å². The molecule has 1 aromatic heterocycles. The fourth-order valence-electron chi connectivity index (χ4n) is 3.18. The van der Waals surface area contributed by atoms with E-state index in [0.29, 0.717) is 0 Å². The average Bonchev–Trinajstić information content (AvgIpc) is 2.68. The van der Waals surface area contributed by atoms with Crippen LogP contribution in [-0.2, 0) is 6.42 Å². The zero-order valence-corrected chi connectivity index (χ0v) is 13.5. The van der Waals surface area contributed by atoms with Crippen molar-refractivity contribution in [2.24, 2.45) is 11.8 Å². The molecule has 2 atom stereocenters. The molecule has 0 saturated heterocycles. The third-order valence-electron chi connectivity index (χ3n) is 4.24. The normalized spacial score (nSPS) is 24.3. The van der Waals surface area contributed by atoms with Crippen molar-refractivity contribution in [3.05, 3.63) is 21.3 Å². The lowest BCUT2D eigenvalue weighted by atomic mass is 9.85. The van der Waals surface area contributed by atoms with Crippen molar-refractivity contribution in [1.82, 2.24) is 5.32 Å². The summed E-state index contributed by atoms with van der Waals surface area (Å²) in [5.74, 6) is 1.71. The number of nitrogens with one attached hydrogen (secondary N) is 1. The number of hydrogen-bond acceptors (Lipinski definition) is 2. The Morgan fingerprint density at radius 1 is 1.21 bits per heavy atom. The third kappa shape index (κ3) is 5.09. The van der Waals surface area contributed by atoms with Crippen LogP contribution in [0.4, 0.5) is 0 Å². The Balaban J connectivity index is 1.92. The van der Waals surface area contributed by atoms with E-state index in [1.54, 1.807) is 11.3 Å². The Kier molecular flexibility index (Phi) is 6.69. The highest BCUT2D eigenvalue weighted by Gasteiger charge is 2.24. The van der Waals surface area contributed by atoms with E-state index in [1.807, 2.05) is 6.07 Å². The van der Waals surface area contributed by atoms with E-state index >= 15 is 0 Å². The van der Waals surface area contributed by atoms with E-state index < -0.39 is 0 Å². The van der Waals surface area contributed by atoms with Crippen LogP contribution in [0.5, 0.6) is 0 Å². The molecular weight excluding hydrogens is 274 g/mol. The van der Waals surface area contributed by atoms with Crippen molar-refractivity contribution in [3.63, 3.8) is 0 Å². The summed E-state index contributed by atoms with van der Waals surface area (Å²) in [6.07, 6.45) is 9.52. The molecule has 19 heavy (non-hydrogen) atoms. The van der Waals surface area contributed by atoms with Gasteiger partial charge in [0.2, 0.25) is 0 Å². The number of rotatable bonds is 6. The Bertz CT molecular complexity index is 363. The summed E-state index contributed by atoms with van der Waals surface area (Å²) in [5.41, 5.74) is 0. The summed E-state index contributed by atoms with van der Waals surface area (Å²) < 4.78 is 0.935. The SMILES string of the molecule is CCCNCC1CCCCCC1Cc1ccc(Cl)s1. The van der Waals surface area contributed by atoms with Gasteiger partial charge in [-0.25, -0.2) is 0 Å². The van der Waals surface area contributed by atoms with E-state index in [9.17, 15) is 0 Å². The quantitative estimate of drug-likeness (QED) is 0.566. The molecule has 0 bridgehead atoms. The molecule has 1 saturated carbocycles. The molecule has 2 rings (SSSR count). The monoisotopic (exact) mass is 299 g/mol. The molecule has 2 unspecified atom stereocenters. The summed E-state index contributed by atoms with van der Waals surface area (Å²) in [7, 11) is 0. The van der Waals surface area contributed by atoms with Crippen LogP contribution in [0, 0.1) is 11.8 Å². The molecule has 1 aliphatic rings. The number of thiophene rings is 1. The molecule has 3 heteroatoms. The maximum atomic E-state index is 6.06. The van der Waals surface area contributed by atoms with E-state index in [4.69, 9.17) is 11.6 Å². The van der Waals surface area contributed by atoms with Gasteiger partial charge in [0, 0.05) is 4.88 Å². The first-order valence-electron chi connectivity index (χ1n) is 7.74. The molecule has 1 heterocycles. The maximum absolute atomic E-state index is 6.06. The molecule has 0 aliphatic heterocycles. The van der Waals surface area contributed by atoms with Crippen LogP contribution in [-0.4, -0.2) is 13.1 Å². The second-order valence-electron chi connectivity index (χ2n) is 5.77. The summed E-state index contributed by atoms with van der Waals surface area (Å²) in [4.78, 5) is 1.47. The first-order valence-corrected chi connectivity index (χ1v) is 8.94. The lowest BCUT2D eigenvalue weighted by Crippen LogP contribution is -2.29. The molecule has 1 nitrogen and oxygen atoms in total. The Labute approximate surface area is 126 Å². The maximum Gasteiger partial charge on any atom is 0.0931 e. The smallest absolute Gasteiger partial charge is 0.0931 e. The van der Waals surface area contributed by atoms with Crippen molar-refractivity contribution in [2.75, 3.05) is 13.1 Å². The van der Waals surface area contributed by atoms with Gasteiger partial charge in [0.1, 0.15) is 0 Å². The van der Waals surface area contributed by atoms with Crippen molar-refractivity contribution in [1.29, 1.82) is 0 Å². The van der Waals surface area contributed by atoms with Gasteiger partial charge in [0.25, 0.3) is 0 Å². The van der Waals surface area contributed by atoms with Crippen LogP contribution in [0.15, 0.2) is 12.1 Å². The van der Waals surface area contributed by atoms with Gasteiger partial charge in [-0.05, 0) is 62.7 Å². The van der Waals surface area contributed by atoms with Gasteiger partial charge >= 0.3 is 0 Å². The largest absolute Gasteiger partial charge is 0.316 e. The molecule has 1 fully saturated rings. The van der Waals surface area contributed by atoms with Crippen LogP contribution < -0.4 is 5.32 Å². The average molecular weight is 300 g/mol. The zero-order valence-electron chi connectivity index (χ0n) is 12.0. The molecule has 0 radical (unpaired) electrons. The number of hydrogen-bond donors (Lipinski definition) is 1. The fourth-order valence-corrected chi connectivity index (χ4v) is 4.36. The molecule has 0 spiro atoms. The van der Waals surface area contributed by atoms with Gasteiger partial charge in [-0.2, -0.15) is 0 Å². The first kappa shape index (κ1) is 15.3. The van der Waals surface area contributed by atoms with Crippen LogP contribution >= 0.6 is 22.9 Å². The van der Waals surface area contributed by atoms with Crippen LogP contribution in [0.3, 0.4) is 0 Å². The zero-order chi connectivity index (χ0) is 13.5. The third-order valence-corrected chi connectivity index (χ3v) is 5.50. The van der Waals surface area contributed by atoms with E-state index in [-0.39, 0.29) is 0 Å². The molecular formula is C16H26ClNS. The van der Waals surface area contributed by atoms with Crippen LogP contribution in [0.1, 0.15) is 50.3 Å². The molecule has 108 valence electrons. The summed E-state index contributed by atoms with van der Waals surface area (Å²) in [6.45, 7) is 4.61. The summed E-state index contributed by atoms with van der Waals surface area (Å²) in [6, 6.07) is 4.26. The van der Waals surface area contributed by atoms with Crippen molar-refractivity contribution < 1.29 is 0 Å². The molecule has 0 aromatic carbocycles. The molecule has 1 N–H and O–H groups in total.